The van der Waals surface area contributed by atoms with Gasteiger partial charge in [-0.2, -0.15) is 0 Å². The van der Waals surface area contributed by atoms with Crippen LogP contribution >= 0.6 is 31.9 Å². The van der Waals surface area contributed by atoms with E-state index in [0.717, 1.165) is 21.2 Å². The second kappa shape index (κ2) is 4.29. The second-order valence-electron chi connectivity index (χ2n) is 3.58. The third-order valence-corrected chi connectivity index (χ3v) is 4.42. The van der Waals surface area contributed by atoms with Crippen LogP contribution in [0, 0.1) is 6.92 Å². The first-order chi connectivity index (χ1) is 6.70. The van der Waals surface area contributed by atoms with E-state index in [4.69, 9.17) is 0 Å². The van der Waals surface area contributed by atoms with E-state index in [2.05, 4.69) is 49.1 Å². The molecule has 1 aromatic rings. The molecule has 0 saturated carbocycles. The van der Waals surface area contributed by atoms with Crippen molar-refractivity contribution >= 4 is 31.9 Å². The van der Waals surface area contributed by atoms with E-state index in [0.29, 0.717) is 6.04 Å². The van der Waals surface area contributed by atoms with Crippen molar-refractivity contribution in [2.45, 2.75) is 25.8 Å². The number of hydrogen-bond donors (Lipinski definition) is 1. The van der Waals surface area contributed by atoms with Crippen LogP contribution in [0.4, 0.5) is 0 Å². The molecule has 0 aliphatic carbocycles. The van der Waals surface area contributed by atoms with Crippen LogP contribution in [0.3, 0.4) is 0 Å². The molecule has 1 aromatic heterocycles. The van der Waals surface area contributed by atoms with E-state index >= 15 is 0 Å². The number of halogens is 2. The van der Waals surface area contributed by atoms with Crippen molar-refractivity contribution in [2.24, 2.45) is 0 Å². The van der Waals surface area contributed by atoms with Gasteiger partial charge in [0, 0.05) is 15.1 Å². The number of rotatable bonds is 1. The van der Waals surface area contributed by atoms with E-state index in [1.807, 2.05) is 6.20 Å². The van der Waals surface area contributed by atoms with Crippen LogP contribution < -0.4 is 5.32 Å². The summed E-state index contributed by atoms with van der Waals surface area (Å²) in [5.74, 6) is 0. The van der Waals surface area contributed by atoms with Crippen molar-refractivity contribution in [2.75, 3.05) is 6.54 Å². The van der Waals surface area contributed by atoms with E-state index < -0.39 is 0 Å². The van der Waals surface area contributed by atoms with Gasteiger partial charge in [-0.15, -0.1) is 0 Å². The molecule has 1 aliphatic rings. The Kier molecular flexibility index (Phi) is 3.24. The molecule has 4 heteroatoms. The summed E-state index contributed by atoms with van der Waals surface area (Å²) in [5.41, 5.74) is 2.37. The monoisotopic (exact) mass is 318 g/mol. The molecule has 1 atom stereocenters. The van der Waals surface area contributed by atoms with Gasteiger partial charge in [-0.25, -0.2) is 0 Å². The maximum absolute atomic E-state index is 4.46. The predicted octanol–water partition coefficient (Wildman–Crippen LogP) is 3.34. The fourth-order valence-corrected chi connectivity index (χ4v) is 2.90. The van der Waals surface area contributed by atoms with Crippen LogP contribution in [-0.4, -0.2) is 11.5 Å². The van der Waals surface area contributed by atoms with Gasteiger partial charge in [0.15, 0.2) is 0 Å². The van der Waals surface area contributed by atoms with Crippen LogP contribution in [0.5, 0.6) is 0 Å². The Labute approximate surface area is 101 Å². The van der Waals surface area contributed by atoms with Crippen molar-refractivity contribution < 1.29 is 0 Å². The molecule has 1 aliphatic heterocycles. The molecule has 2 rings (SSSR count). The summed E-state index contributed by atoms with van der Waals surface area (Å²) in [5, 5.41) is 3.45. The first-order valence-corrected chi connectivity index (χ1v) is 6.32. The minimum atomic E-state index is 0.427. The highest BCUT2D eigenvalue weighted by atomic mass is 79.9. The summed E-state index contributed by atoms with van der Waals surface area (Å²) in [6.45, 7) is 3.20. The fraction of sp³-hybridized carbons (Fsp3) is 0.500. The van der Waals surface area contributed by atoms with E-state index in [1.165, 1.54) is 18.4 Å². The quantitative estimate of drug-likeness (QED) is 0.858. The second-order valence-corrected chi connectivity index (χ2v) is 5.23. The lowest BCUT2D eigenvalue weighted by Crippen LogP contribution is -2.15. The summed E-state index contributed by atoms with van der Waals surface area (Å²) in [6, 6.07) is 0.427. The summed E-state index contributed by atoms with van der Waals surface area (Å²) in [4.78, 5) is 4.46. The molecule has 2 nitrogen and oxygen atoms in total. The largest absolute Gasteiger partial charge is 0.309 e. The third kappa shape index (κ3) is 1.88. The van der Waals surface area contributed by atoms with Crippen LogP contribution in [0.25, 0.3) is 0 Å². The highest BCUT2D eigenvalue weighted by Crippen LogP contribution is 2.32. The number of aromatic nitrogens is 1. The minimum absolute atomic E-state index is 0.427. The zero-order valence-electron chi connectivity index (χ0n) is 7.98. The van der Waals surface area contributed by atoms with Crippen molar-refractivity contribution in [3.8, 4) is 0 Å². The first kappa shape index (κ1) is 10.6. The van der Waals surface area contributed by atoms with Gasteiger partial charge < -0.3 is 5.32 Å². The molecular formula is C10H12Br2N2. The Morgan fingerprint density at radius 2 is 2.29 bits per heavy atom. The van der Waals surface area contributed by atoms with Gasteiger partial charge >= 0.3 is 0 Å². The molecule has 0 aromatic carbocycles. The Bertz CT molecular complexity index is 346. The highest BCUT2D eigenvalue weighted by Gasteiger charge is 2.21. The van der Waals surface area contributed by atoms with Crippen molar-refractivity contribution in [1.82, 2.24) is 10.3 Å². The summed E-state index contributed by atoms with van der Waals surface area (Å²) in [6.07, 6.45) is 4.32. The van der Waals surface area contributed by atoms with Crippen molar-refractivity contribution in [1.29, 1.82) is 0 Å². The van der Waals surface area contributed by atoms with Crippen molar-refractivity contribution in [3.05, 3.63) is 26.4 Å². The average Bonchev–Trinajstić information content (AvgIpc) is 2.67. The number of hydrogen-bond acceptors (Lipinski definition) is 2. The van der Waals surface area contributed by atoms with Gasteiger partial charge in [0.2, 0.25) is 0 Å². The number of nitrogens with zero attached hydrogens (tertiary/aromatic N) is 1. The average molecular weight is 320 g/mol. The van der Waals surface area contributed by atoms with Crippen LogP contribution in [0.15, 0.2) is 15.1 Å². The van der Waals surface area contributed by atoms with E-state index in [1.54, 1.807) is 0 Å². The van der Waals surface area contributed by atoms with E-state index in [-0.39, 0.29) is 0 Å². The van der Waals surface area contributed by atoms with E-state index in [9.17, 15) is 0 Å². The fourth-order valence-electron chi connectivity index (χ4n) is 1.74. The molecule has 0 amide bonds. The topological polar surface area (TPSA) is 24.9 Å². The lowest BCUT2D eigenvalue weighted by atomic mass is 10.1. The van der Waals surface area contributed by atoms with Gasteiger partial charge in [-0.1, -0.05) is 0 Å². The first-order valence-electron chi connectivity index (χ1n) is 4.74. The zero-order valence-corrected chi connectivity index (χ0v) is 11.2. The Hall–Kier alpha value is 0.0700. The maximum atomic E-state index is 4.46. The molecule has 0 bridgehead atoms. The molecule has 0 unspecified atom stereocenters. The summed E-state index contributed by atoms with van der Waals surface area (Å²) in [7, 11) is 0. The van der Waals surface area contributed by atoms with Gasteiger partial charge in [0.1, 0.15) is 0 Å². The SMILES string of the molecule is Cc1c(Br)cnc([C@H]2CCCN2)c1Br. The summed E-state index contributed by atoms with van der Waals surface area (Å²) < 4.78 is 2.19. The molecule has 2 heterocycles. The van der Waals surface area contributed by atoms with Crippen LogP contribution in [0.2, 0.25) is 0 Å². The Morgan fingerprint density at radius 1 is 1.50 bits per heavy atom. The Morgan fingerprint density at radius 3 is 2.93 bits per heavy atom. The highest BCUT2D eigenvalue weighted by molar-refractivity contribution is 9.11. The summed E-state index contributed by atoms with van der Waals surface area (Å²) >= 11 is 7.08. The standard InChI is InChI=1S/C10H12Br2N2/c1-6-7(11)5-14-10(9(6)12)8-3-2-4-13-8/h5,8,13H,2-4H2,1H3/t8-/m1/s1. The smallest absolute Gasteiger partial charge is 0.0718 e. The minimum Gasteiger partial charge on any atom is -0.309 e. The third-order valence-electron chi connectivity index (χ3n) is 2.62. The number of nitrogens with one attached hydrogen (secondary N) is 1. The molecule has 1 N–H and O–H groups in total. The molecule has 14 heavy (non-hydrogen) atoms. The molecular weight excluding hydrogens is 308 g/mol. The maximum Gasteiger partial charge on any atom is 0.0718 e. The van der Waals surface area contributed by atoms with Crippen molar-refractivity contribution in [3.63, 3.8) is 0 Å². The lowest BCUT2D eigenvalue weighted by molar-refractivity contribution is 0.623. The lowest BCUT2D eigenvalue weighted by Gasteiger charge is -2.13. The zero-order chi connectivity index (χ0) is 10.1. The van der Waals surface area contributed by atoms with Crippen LogP contribution in [0.1, 0.15) is 30.1 Å². The molecule has 0 spiro atoms. The van der Waals surface area contributed by atoms with Gasteiger partial charge in [0.05, 0.1) is 11.7 Å². The van der Waals surface area contributed by atoms with Gasteiger partial charge in [0.25, 0.3) is 0 Å². The molecule has 1 saturated heterocycles. The molecule has 0 radical (unpaired) electrons. The molecule has 76 valence electrons. The number of pyridine rings is 1. The molecule has 1 fully saturated rings. The Balaban J connectivity index is 2.38. The van der Waals surface area contributed by atoms with Gasteiger partial charge in [-0.05, 0) is 63.7 Å². The predicted molar refractivity (Wildman–Crippen MR) is 64.4 cm³/mol. The van der Waals surface area contributed by atoms with Gasteiger partial charge in [-0.3, -0.25) is 4.98 Å². The normalized spacial score (nSPS) is 21.5. The van der Waals surface area contributed by atoms with Crippen LogP contribution in [-0.2, 0) is 0 Å².